The fourth-order valence-electron chi connectivity index (χ4n) is 4.20. The predicted molar refractivity (Wildman–Crippen MR) is 131 cm³/mol. The van der Waals surface area contributed by atoms with Crippen LogP contribution in [0.1, 0.15) is 29.9 Å². The van der Waals surface area contributed by atoms with Gasteiger partial charge in [0.25, 0.3) is 0 Å². The van der Waals surface area contributed by atoms with Crippen LogP contribution in [0, 0.1) is 6.92 Å². The van der Waals surface area contributed by atoms with Gasteiger partial charge in [0.1, 0.15) is 0 Å². The van der Waals surface area contributed by atoms with Gasteiger partial charge in [-0.2, -0.15) is 0 Å². The third kappa shape index (κ3) is 5.27. The molecular weight excluding hydrogens is 408 g/mol. The first-order valence-electron chi connectivity index (χ1n) is 10.7. The molecule has 0 bridgehead atoms. The summed E-state index contributed by atoms with van der Waals surface area (Å²) < 4.78 is 0. The molecule has 1 saturated heterocycles. The van der Waals surface area contributed by atoms with Crippen molar-refractivity contribution in [3.05, 3.63) is 69.9 Å². The van der Waals surface area contributed by atoms with E-state index in [0.29, 0.717) is 6.54 Å². The summed E-state index contributed by atoms with van der Waals surface area (Å²) in [5, 5.41) is 19.3. The molecule has 1 aliphatic rings. The Labute approximate surface area is 188 Å². The lowest BCUT2D eigenvalue weighted by molar-refractivity contribution is 0.0688. The highest BCUT2D eigenvalue weighted by Crippen LogP contribution is 2.28. The fraction of sp³-hybridized carbons (Fsp3) is 0.440. The lowest BCUT2D eigenvalue weighted by Crippen LogP contribution is -2.50. The molecule has 2 atom stereocenters. The van der Waals surface area contributed by atoms with Crippen LogP contribution in [-0.2, 0) is 13.0 Å². The quantitative estimate of drug-likeness (QED) is 0.513. The molecule has 2 aromatic carbocycles. The second-order valence-corrected chi connectivity index (χ2v) is 11.0. The number of thioether (sulfide) groups is 1. The van der Waals surface area contributed by atoms with Gasteiger partial charge in [-0.3, -0.25) is 4.90 Å². The van der Waals surface area contributed by atoms with Gasteiger partial charge in [0.2, 0.25) is 0 Å². The van der Waals surface area contributed by atoms with Crippen molar-refractivity contribution in [2.45, 2.75) is 51.4 Å². The Morgan fingerprint density at radius 1 is 1.17 bits per heavy atom. The zero-order valence-electron chi connectivity index (χ0n) is 18.1. The molecule has 2 N–H and O–H groups in total. The van der Waals surface area contributed by atoms with Gasteiger partial charge in [0.05, 0.1) is 6.10 Å². The Bertz CT molecular complexity index is 984. The van der Waals surface area contributed by atoms with Gasteiger partial charge < -0.3 is 10.4 Å². The number of benzene rings is 2. The zero-order chi connectivity index (χ0) is 21.1. The van der Waals surface area contributed by atoms with Gasteiger partial charge in [0.15, 0.2) is 0 Å². The molecule has 0 spiro atoms. The highest BCUT2D eigenvalue weighted by Gasteiger charge is 2.32. The number of β-amino-alcohol motifs (C(OH)–C–C–N with tert-alkyl or cyclic N) is 1. The molecule has 3 nitrogen and oxygen atoms in total. The number of aliphatic hydroxyl groups excluding tert-OH is 1. The van der Waals surface area contributed by atoms with E-state index in [1.807, 2.05) is 23.1 Å². The normalized spacial score (nSPS) is 18.9. The fourth-order valence-corrected chi connectivity index (χ4v) is 6.43. The summed E-state index contributed by atoms with van der Waals surface area (Å²) in [5.41, 5.74) is 2.61. The van der Waals surface area contributed by atoms with Gasteiger partial charge in [-0.25, -0.2) is 0 Å². The number of nitrogens with zero attached hydrogens (tertiary/aromatic N) is 1. The van der Waals surface area contributed by atoms with Gasteiger partial charge in [-0.05, 0) is 60.5 Å². The van der Waals surface area contributed by atoms with Crippen LogP contribution in [0.4, 0.5) is 0 Å². The van der Waals surface area contributed by atoms with Crippen molar-refractivity contribution in [1.82, 2.24) is 10.2 Å². The molecule has 0 amide bonds. The van der Waals surface area contributed by atoms with Crippen LogP contribution in [-0.4, -0.2) is 45.9 Å². The summed E-state index contributed by atoms with van der Waals surface area (Å²) in [6.07, 6.45) is 0.568. The van der Waals surface area contributed by atoms with Crippen molar-refractivity contribution in [3.8, 4) is 0 Å². The molecule has 3 aromatic rings. The standard InChI is InChI=1S/C25H32N2OS2/c1-18-10-11-30-24(18)15-27-17-29-16-22(27)23(28)14-26-25(2,3)13-19-8-9-20-6-4-5-7-21(20)12-19/h4-12,22-23,26,28H,13-17H2,1-3H3/t22-,23+/m1/s1. The largest absolute Gasteiger partial charge is 0.390 e. The lowest BCUT2D eigenvalue weighted by Gasteiger charge is -2.32. The number of fused-ring (bicyclic) bond motifs is 1. The number of rotatable bonds is 8. The Kier molecular flexibility index (Phi) is 6.85. The monoisotopic (exact) mass is 440 g/mol. The molecule has 1 aliphatic heterocycles. The molecule has 0 radical (unpaired) electrons. The number of nitrogens with one attached hydrogen (secondary N) is 1. The molecule has 1 aromatic heterocycles. The van der Waals surface area contributed by atoms with Crippen LogP contribution < -0.4 is 5.32 Å². The predicted octanol–water partition coefficient (Wildman–Crippen LogP) is 5.06. The number of thiophene rings is 1. The molecule has 0 unspecified atom stereocenters. The maximum absolute atomic E-state index is 11.0. The van der Waals surface area contributed by atoms with E-state index in [0.717, 1.165) is 24.6 Å². The zero-order valence-corrected chi connectivity index (χ0v) is 19.7. The molecule has 4 rings (SSSR count). The Balaban J connectivity index is 1.34. The third-order valence-corrected chi connectivity index (χ3v) is 8.12. The van der Waals surface area contributed by atoms with Gasteiger partial charge >= 0.3 is 0 Å². The molecule has 0 aliphatic carbocycles. The van der Waals surface area contributed by atoms with Crippen LogP contribution in [0.5, 0.6) is 0 Å². The van der Waals surface area contributed by atoms with E-state index in [4.69, 9.17) is 0 Å². The molecule has 160 valence electrons. The third-order valence-electron chi connectivity index (χ3n) is 6.02. The van der Waals surface area contributed by atoms with Gasteiger partial charge in [0, 0.05) is 41.2 Å². The van der Waals surface area contributed by atoms with E-state index in [1.54, 1.807) is 0 Å². The Morgan fingerprint density at radius 2 is 1.97 bits per heavy atom. The number of hydrogen-bond donors (Lipinski definition) is 2. The van der Waals surface area contributed by atoms with Crippen molar-refractivity contribution < 1.29 is 5.11 Å². The van der Waals surface area contributed by atoms with E-state index in [2.05, 4.69) is 84.9 Å². The number of aryl methyl sites for hydroxylation is 1. The van der Waals surface area contributed by atoms with E-state index in [1.165, 1.54) is 26.8 Å². The van der Waals surface area contributed by atoms with Crippen LogP contribution in [0.3, 0.4) is 0 Å². The summed E-state index contributed by atoms with van der Waals surface area (Å²) >= 11 is 3.75. The Morgan fingerprint density at radius 3 is 2.73 bits per heavy atom. The minimum absolute atomic E-state index is 0.0790. The van der Waals surface area contributed by atoms with Crippen molar-refractivity contribution in [1.29, 1.82) is 0 Å². The van der Waals surface area contributed by atoms with E-state index >= 15 is 0 Å². The van der Waals surface area contributed by atoms with Gasteiger partial charge in [-0.15, -0.1) is 23.1 Å². The van der Waals surface area contributed by atoms with Crippen molar-refractivity contribution in [2.24, 2.45) is 0 Å². The summed E-state index contributed by atoms with van der Waals surface area (Å²) in [4.78, 5) is 3.85. The first-order valence-corrected chi connectivity index (χ1v) is 12.7. The minimum Gasteiger partial charge on any atom is -0.390 e. The first kappa shape index (κ1) is 21.8. The topological polar surface area (TPSA) is 35.5 Å². The van der Waals surface area contributed by atoms with E-state index < -0.39 is 0 Å². The molecule has 1 fully saturated rings. The molecule has 30 heavy (non-hydrogen) atoms. The average molecular weight is 441 g/mol. The summed E-state index contributed by atoms with van der Waals surface area (Å²) in [5.74, 6) is 2.00. The van der Waals surface area contributed by atoms with E-state index in [-0.39, 0.29) is 17.7 Å². The average Bonchev–Trinajstić information content (AvgIpc) is 3.35. The lowest BCUT2D eigenvalue weighted by atomic mass is 9.93. The van der Waals surface area contributed by atoms with Crippen molar-refractivity contribution in [3.63, 3.8) is 0 Å². The first-order chi connectivity index (χ1) is 14.4. The van der Waals surface area contributed by atoms with Crippen LogP contribution >= 0.6 is 23.1 Å². The highest BCUT2D eigenvalue weighted by molar-refractivity contribution is 7.99. The van der Waals surface area contributed by atoms with Crippen LogP contribution in [0.2, 0.25) is 0 Å². The molecular formula is C25H32N2OS2. The summed E-state index contributed by atoms with van der Waals surface area (Å²) in [7, 11) is 0. The maximum atomic E-state index is 11.0. The number of aliphatic hydroxyl groups is 1. The van der Waals surface area contributed by atoms with Gasteiger partial charge in [-0.1, -0.05) is 42.5 Å². The molecule has 0 saturated carbocycles. The highest BCUT2D eigenvalue weighted by atomic mass is 32.2. The molecule has 5 heteroatoms. The SMILES string of the molecule is Cc1ccsc1CN1CSC[C@@H]1[C@@H](O)CNC(C)(C)Cc1ccc2ccccc2c1. The van der Waals surface area contributed by atoms with Crippen molar-refractivity contribution >= 4 is 33.9 Å². The number of hydrogen-bond acceptors (Lipinski definition) is 5. The molecule has 2 heterocycles. The summed E-state index contributed by atoms with van der Waals surface area (Å²) in [6.45, 7) is 8.19. The maximum Gasteiger partial charge on any atom is 0.0828 e. The summed E-state index contributed by atoms with van der Waals surface area (Å²) in [6, 6.07) is 17.6. The minimum atomic E-state index is -0.365. The van der Waals surface area contributed by atoms with E-state index in [9.17, 15) is 5.11 Å². The van der Waals surface area contributed by atoms with Crippen molar-refractivity contribution in [2.75, 3.05) is 18.2 Å². The van der Waals surface area contributed by atoms with Crippen LogP contribution in [0.25, 0.3) is 10.8 Å². The van der Waals surface area contributed by atoms with Crippen LogP contribution in [0.15, 0.2) is 53.9 Å². The Hall–Kier alpha value is -1.37. The smallest absolute Gasteiger partial charge is 0.0828 e. The second kappa shape index (κ2) is 9.41. The second-order valence-electron chi connectivity index (χ2n) is 9.03.